The summed E-state index contributed by atoms with van der Waals surface area (Å²) in [5.74, 6) is 0.257. The molecule has 1 aliphatic rings. The molecule has 0 atom stereocenters. The molecule has 17 heavy (non-hydrogen) atoms. The van der Waals surface area contributed by atoms with E-state index in [2.05, 4.69) is 36.9 Å². The summed E-state index contributed by atoms with van der Waals surface area (Å²) in [5.41, 5.74) is 0.761. The lowest BCUT2D eigenvalue weighted by Crippen LogP contribution is -2.09. The number of phenols is 1. The fourth-order valence-electron chi connectivity index (χ4n) is 2.10. The summed E-state index contributed by atoms with van der Waals surface area (Å²) < 4.78 is 1.63. The van der Waals surface area contributed by atoms with Crippen LogP contribution in [0.1, 0.15) is 37.7 Å². The zero-order valence-electron chi connectivity index (χ0n) is 9.50. The van der Waals surface area contributed by atoms with Gasteiger partial charge in [-0.1, -0.05) is 35.2 Å². The van der Waals surface area contributed by atoms with Crippen molar-refractivity contribution in [2.24, 2.45) is 4.99 Å². The summed E-state index contributed by atoms with van der Waals surface area (Å²) in [5, 5.41) is 9.89. The molecule has 1 fully saturated rings. The van der Waals surface area contributed by atoms with E-state index in [9.17, 15) is 5.11 Å². The number of rotatable bonds is 2. The van der Waals surface area contributed by atoms with Crippen LogP contribution < -0.4 is 0 Å². The van der Waals surface area contributed by atoms with E-state index in [-0.39, 0.29) is 5.75 Å². The Morgan fingerprint density at radius 2 is 1.88 bits per heavy atom. The Labute approximate surface area is 118 Å². The number of nitrogens with zero attached hydrogens (tertiary/aromatic N) is 1. The number of phenolic OH excluding ortho intramolecular Hbond substituents is 1. The van der Waals surface area contributed by atoms with E-state index in [0.717, 1.165) is 10.0 Å². The molecule has 4 heteroatoms. The smallest absolute Gasteiger partial charge is 0.138 e. The molecule has 1 aromatic carbocycles. The van der Waals surface area contributed by atoms with Gasteiger partial charge in [-0.3, -0.25) is 4.99 Å². The van der Waals surface area contributed by atoms with Crippen molar-refractivity contribution < 1.29 is 5.11 Å². The van der Waals surface area contributed by atoms with Crippen LogP contribution >= 0.6 is 31.9 Å². The maximum Gasteiger partial charge on any atom is 0.138 e. The van der Waals surface area contributed by atoms with Crippen LogP contribution in [0.25, 0.3) is 0 Å². The molecule has 0 unspecified atom stereocenters. The van der Waals surface area contributed by atoms with E-state index in [4.69, 9.17) is 0 Å². The minimum Gasteiger partial charge on any atom is -0.506 e. The van der Waals surface area contributed by atoms with Crippen molar-refractivity contribution >= 4 is 38.1 Å². The summed E-state index contributed by atoms with van der Waals surface area (Å²) in [6.07, 6.45) is 8.02. The second kappa shape index (κ2) is 6.01. The second-order valence-corrected chi connectivity index (χ2v) is 6.17. The predicted molar refractivity (Wildman–Crippen MR) is 78.0 cm³/mol. The molecule has 1 saturated carbocycles. The van der Waals surface area contributed by atoms with Crippen molar-refractivity contribution in [3.05, 3.63) is 26.6 Å². The zero-order chi connectivity index (χ0) is 12.3. The lowest BCUT2D eigenvalue weighted by Gasteiger charge is -2.17. The van der Waals surface area contributed by atoms with Gasteiger partial charge in [0.1, 0.15) is 5.75 Å². The van der Waals surface area contributed by atoms with Crippen molar-refractivity contribution in [3.8, 4) is 5.75 Å². The molecule has 1 aromatic rings. The Balaban J connectivity index is 2.14. The van der Waals surface area contributed by atoms with E-state index >= 15 is 0 Å². The van der Waals surface area contributed by atoms with Crippen LogP contribution in [0.2, 0.25) is 0 Å². The van der Waals surface area contributed by atoms with Gasteiger partial charge in [-0.15, -0.1) is 0 Å². The first-order valence-corrected chi connectivity index (χ1v) is 7.46. The average Bonchev–Trinajstić information content (AvgIpc) is 2.33. The summed E-state index contributed by atoms with van der Waals surface area (Å²) in [6, 6.07) is 4.14. The Morgan fingerprint density at radius 1 is 1.18 bits per heavy atom. The SMILES string of the molecule is Oc1c(Br)cc(Br)cc1C=NC1CCCCC1. The topological polar surface area (TPSA) is 32.6 Å². The van der Waals surface area contributed by atoms with Crippen molar-refractivity contribution in [3.63, 3.8) is 0 Å². The fourth-order valence-corrected chi connectivity index (χ4v) is 3.36. The first-order valence-electron chi connectivity index (χ1n) is 5.88. The van der Waals surface area contributed by atoms with Crippen LogP contribution in [0.5, 0.6) is 5.75 Å². The minimum atomic E-state index is 0.257. The number of benzene rings is 1. The van der Waals surface area contributed by atoms with Gasteiger partial charge in [-0.25, -0.2) is 0 Å². The first-order chi connectivity index (χ1) is 8.16. The molecule has 1 aliphatic carbocycles. The van der Waals surface area contributed by atoms with Crippen molar-refractivity contribution in [1.82, 2.24) is 0 Å². The van der Waals surface area contributed by atoms with Crippen molar-refractivity contribution in [2.75, 3.05) is 0 Å². The maximum absolute atomic E-state index is 9.89. The lowest BCUT2D eigenvalue weighted by molar-refractivity contribution is 0.444. The Hall–Kier alpha value is -0.350. The largest absolute Gasteiger partial charge is 0.506 e. The predicted octanol–water partition coefficient (Wildman–Crippen LogP) is 4.67. The highest BCUT2D eigenvalue weighted by molar-refractivity contribution is 9.11. The molecule has 2 nitrogen and oxygen atoms in total. The Bertz CT molecular complexity index is 426. The molecule has 1 N–H and O–H groups in total. The van der Waals surface area contributed by atoms with Gasteiger partial charge >= 0.3 is 0 Å². The highest BCUT2D eigenvalue weighted by Gasteiger charge is 2.11. The summed E-state index contributed by atoms with van der Waals surface area (Å²) in [4.78, 5) is 4.57. The molecule has 2 rings (SSSR count). The zero-order valence-corrected chi connectivity index (χ0v) is 12.7. The highest BCUT2D eigenvalue weighted by atomic mass is 79.9. The number of halogens is 2. The molecule has 0 radical (unpaired) electrons. The number of hydrogen-bond acceptors (Lipinski definition) is 2. The van der Waals surface area contributed by atoms with Gasteiger partial charge in [-0.2, -0.15) is 0 Å². The van der Waals surface area contributed by atoms with Crippen LogP contribution in [0, 0.1) is 0 Å². The monoisotopic (exact) mass is 359 g/mol. The number of aliphatic imine (C=N–C) groups is 1. The van der Waals surface area contributed by atoms with Crippen LogP contribution in [0.4, 0.5) is 0 Å². The van der Waals surface area contributed by atoms with Crippen LogP contribution in [-0.2, 0) is 0 Å². The quantitative estimate of drug-likeness (QED) is 0.763. The average molecular weight is 361 g/mol. The molecule has 0 aromatic heterocycles. The Kier molecular flexibility index (Phi) is 4.62. The minimum absolute atomic E-state index is 0.257. The second-order valence-electron chi connectivity index (χ2n) is 4.40. The van der Waals surface area contributed by atoms with Crippen molar-refractivity contribution in [2.45, 2.75) is 38.1 Å². The summed E-state index contributed by atoms with van der Waals surface area (Å²) in [7, 11) is 0. The molecule has 0 bridgehead atoms. The van der Waals surface area contributed by atoms with E-state index < -0.39 is 0 Å². The third-order valence-corrected chi connectivity index (χ3v) is 4.12. The van der Waals surface area contributed by atoms with Gasteiger partial charge in [0.25, 0.3) is 0 Å². The molecule has 92 valence electrons. The molecule has 0 aliphatic heterocycles. The van der Waals surface area contributed by atoms with Crippen LogP contribution in [0.3, 0.4) is 0 Å². The van der Waals surface area contributed by atoms with Gasteiger partial charge in [0.2, 0.25) is 0 Å². The molecule has 0 spiro atoms. The van der Waals surface area contributed by atoms with Gasteiger partial charge in [0, 0.05) is 22.3 Å². The number of aromatic hydroxyl groups is 1. The molecule has 0 heterocycles. The van der Waals surface area contributed by atoms with E-state index in [0.29, 0.717) is 10.5 Å². The van der Waals surface area contributed by atoms with Gasteiger partial charge in [0.15, 0.2) is 0 Å². The van der Waals surface area contributed by atoms with Crippen LogP contribution in [0.15, 0.2) is 26.1 Å². The fraction of sp³-hybridized carbons (Fsp3) is 0.462. The highest BCUT2D eigenvalue weighted by Crippen LogP contribution is 2.31. The Morgan fingerprint density at radius 3 is 2.59 bits per heavy atom. The van der Waals surface area contributed by atoms with E-state index in [1.54, 1.807) is 6.21 Å². The van der Waals surface area contributed by atoms with Gasteiger partial charge in [0.05, 0.1) is 4.47 Å². The van der Waals surface area contributed by atoms with E-state index in [1.807, 2.05) is 12.1 Å². The molecular weight excluding hydrogens is 346 g/mol. The molecule has 0 saturated heterocycles. The number of hydrogen-bond donors (Lipinski definition) is 1. The van der Waals surface area contributed by atoms with Crippen molar-refractivity contribution in [1.29, 1.82) is 0 Å². The third kappa shape index (κ3) is 3.55. The van der Waals surface area contributed by atoms with Gasteiger partial charge in [-0.05, 0) is 40.9 Å². The summed E-state index contributed by atoms with van der Waals surface area (Å²) >= 11 is 6.73. The van der Waals surface area contributed by atoms with Gasteiger partial charge < -0.3 is 5.11 Å². The molecule has 0 amide bonds. The third-order valence-electron chi connectivity index (χ3n) is 3.06. The summed E-state index contributed by atoms with van der Waals surface area (Å²) in [6.45, 7) is 0. The normalized spacial score (nSPS) is 17.8. The first kappa shape index (κ1) is 13.1. The lowest BCUT2D eigenvalue weighted by atomic mass is 9.96. The standard InChI is InChI=1S/C13H15Br2NO/c14-10-6-9(13(17)12(15)7-10)8-16-11-4-2-1-3-5-11/h6-8,11,17H,1-5H2. The maximum atomic E-state index is 9.89. The van der Waals surface area contributed by atoms with E-state index in [1.165, 1.54) is 32.1 Å². The molecular formula is C13H15Br2NO. The van der Waals surface area contributed by atoms with Crippen LogP contribution in [-0.4, -0.2) is 17.4 Å².